The predicted octanol–water partition coefficient (Wildman–Crippen LogP) is 4.03. The van der Waals surface area contributed by atoms with Gasteiger partial charge in [-0.1, -0.05) is 12.1 Å². The molecule has 0 atom stereocenters. The van der Waals surface area contributed by atoms with E-state index in [-0.39, 0.29) is 23.8 Å². The SMILES string of the molecule is CCOc1ccc(NC(=O)Cn2ccc3ccn(Cc4cccc(F)c4)c3c2=O)cc1. The van der Waals surface area contributed by atoms with E-state index in [1.807, 2.05) is 13.0 Å². The molecule has 0 spiro atoms. The van der Waals surface area contributed by atoms with Gasteiger partial charge in [0.1, 0.15) is 23.6 Å². The number of carbonyl (C=O) groups excluding carboxylic acids is 1. The Hall–Kier alpha value is -3.87. The minimum absolute atomic E-state index is 0.118. The van der Waals surface area contributed by atoms with Crippen LogP contribution in [0.1, 0.15) is 12.5 Å². The highest BCUT2D eigenvalue weighted by atomic mass is 19.1. The first kappa shape index (κ1) is 20.4. The third-order valence-corrected chi connectivity index (χ3v) is 4.90. The van der Waals surface area contributed by atoms with Crippen LogP contribution >= 0.6 is 0 Å². The summed E-state index contributed by atoms with van der Waals surface area (Å²) in [6, 6.07) is 16.9. The van der Waals surface area contributed by atoms with E-state index in [1.54, 1.807) is 59.4 Å². The molecule has 0 aliphatic carbocycles. The summed E-state index contributed by atoms with van der Waals surface area (Å²) in [5, 5.41) is 3.55. The van der Waals surface area contributed by atoms with Crippen molar-refractivity contribution in [2.75, 3.05) is 11.9 Å². The van der Waals surface area contributed by atoms with E-state index in [2.05, 4.69) is 5.32 Å². The fraction of sp³-hybridized carbons (Fsp3) is 0.167. The Morgan fingerprint density at radius 2 is 1.77 bits per heavy atom. The quantitative estimate of drug-likeness (QED) is 0.492. The van der Waals surface area contributed by atoms with E-state index < -0.39 is 0 Å². The molecule has 0 radical (unpaired) electrons. The molecule has 0 fully saturated rings. The van der Waals surface area contributed by atoms with Crippen LogP contribution in [0, 0.1) is 5.82 Å². The number of hydrogen-bond donors (Lipinski definition) is 1. The van der Waals surface area contributed by atoms with Crippen LogP contribution in [0.4, 0.5) is 10.1 Å². The van der Waals surface area contributed by atoms with Crippen molar-refractivity contribution in [3.63, 3.8) is 0 Å². The molecule has 2 aromatic heterocycles. The van der Waals surface area contributed by atoms with Crippen molar-refractivity contribution in [1.29, 1.82) is 0 Å². The van der Waals surface area contributed by atoms with Gasteiger partial charge in [-0.3, -0.25) is 9.59 Å². The third kappa shape index (κ3) is 4.66. The number of aromatic nitrogens is 2. The Kier molecular flexibility index (Phi) is 5.84. The fourth-order valence-corrected chi connectivity index (χ4v) is 3.49. The monoisotopic (exact) mass is 419 g/mol. The van der Waals surface area contributed by atoms with Crippen molar-refractivity contribution in [2.45, 2.75) is 20.0 Å². The van der Waals surface area contributed by atoms with Gasteiger partial charge in [0.25, 0.3) is 5.56 Å². The van der Waals surface area contributed by atoms with Crippen LogP contribution in [-0.2, 0) is 17.9 Å². The molecular formula is C24H22FN3O3. The van der Waals surface area contributed by atoms with Crippen molar-refractivity contribution >= 4 is 22.5 Å². The Morgan fingerprint density at radius 1 is 1.03 bits per heavy atom. The Morgan fingerprint density at radius 3 is 2.48 bits per heavy atom. The van der Waals surface area contributed by atoms with Gasteiger partial charge in [-0.05, 0) is 61.0 Å². The number of carbonyl (C=O) groups is 1. The molecule has 0 saturated carbocycles. The molecule has 0 aliphatic rings. The summed E-state index contributed by atoms with van der Waals surface area (Å²) < 4.78 is 22.0. The lowest BCUT2D eigenvalue weighted by molar-refractivity contribution is -0.116. The number of pyridine rings is 1. The number of fused-ring (bicyclic) bond motifs is 1. The Balaban J connectivity index is 1.53. The van der Waals surface area contributed by atoms with Gasteiger partial charge in [-0.15, -0.1) is 0 Å². The van der Waals surface area contributed by atoms with Crippen LogP contribution in [0.3, 0.4) is 0 Å². The molecule has 2 heterocycles. The molecule has 1 N–H and O–H groups in total. The molecule has 1 amide bonds. The summed E-state index contributed by atoms with van der Waals surface area (Å²) >= 11 is 0. The zero-order valence-corrected chi connectivity index (χ0v) is 17.0. The zero-order valence-electron chi connectivity index (χ0n) is 17.0. The van der Waals surface area contributed by atoms with Gasteiger partial charge >= 0.3 is 0 Å². The number of ether oxygens (including phenoxy) is 1. The largest absolute Gasteiger partial charge is 0.494 e. The normalized spacial score (nSPS) is 10.9. The van der Waals surface area contributed by atoms with Crippen LogP contribution < -0.4 is 15.6 Å². The number of halogens is 1. The molecule has 4 aromatic rings. The molecular weight excluding hydrogens is 397 g/mol. The molecule has 2 aromatic carbocycles. The third-order valence-electron chi connectivity index (χ3n) is 4.90. The van der Waals surface area contributed by atoms with Gasteiger partial charge in [0, 0.05) is 30.0 Å². The van der Waals surface area contributed by atoms with Gasteiger partial charge in [0.2, 0.25) is 5.91 Å². The van der Waals surface area contributed by atoms with Crippen LogP contribution in [0.15, 0.2) is 77.9 Å². The van der Waals surface area contributed by atoms with Gasteiger partial charge in [0.05, 0.1) is 6.61 Å². The molecule has 7 heteroatoms. The summed E-state index contributed by atoms with van der Waals surface area (Å²) in [5.74, 6) is 0.0902. The predicted molar refractivity (Wildman–Crippen MR) is 118 cm³/mol. The summed E-state index contributed by atoms with van der Waals surface area (Å²) in [4.78, 5) is 25.5. The van der Waals surface area contributed by atoms with Crippen LogP contribution in [0.2, 0.25) is 0 Å². The molecule has 0 aliphatic heterocycles. The van der Waals surface area contributed by atoms with Crippen LogP contribution in [0.5, 0.6) is 5.75 Å². The first-order valence-electron chi connectivity index (χ1n) is 9.99. The molecule has 4 rings (SSSR count). The average molecular weight is 419 g/mol. The van der Waals surface area contributed by atoms with E-state index in [0.717, 1.165) is 16.7 Å². The Bertz CT molecular complexity index is 1280. The van der Waals surface area contributed by atoms with Crippen molar-refractivity contribution in [3.8, 4) is 5.75 Å². The van der Waals surface area contributed by atoms with Gasteiger partial charge < -0.3 is 19.2 Å². The van der Waals surface area contributed by atoms with Gasteiger partial charge in [-0.2, -0.15) is 0 Å². The Labute approximate surface area is 178 Å². The highest BCUT2D eigenvalue weighted by Gasteiger charge is 2.12. The maximum absolute atomic E-state index is 13.5. The van der Waals surface area contributed by atoms with Crippen LogP contribution in [-0.4, -0.2) is 21.6 Å². The van der Waals surface area contributed by atoms with Crippen molar-refractivity contribution in [1.82, 2.24) is 9.13 Å². The lowest BCUT2D eigenvalue weighted by Crippen LogP contribution is -2.28. The standard InChI is InChI=1S/C24H22FN3O3/c1-2-31-21-8-6-20(7-9-21)26-22(29)16-28-13-11-18-10-12-27(23(18)24(28)30)15-17-4-3-5-19(25)14-17/h3-14H,2,15-16H2,1H3,(H,26,29). The fourth-order valence-electron chi connectivity index (χ4n) is 3.49. The van der Waals surface area contributed by atoms with E-state index in [4.69, 9.17) is 4.74 Å². The smallest absolute Gasteiger partial charge is 0.275 e. The minimum Gasteiger partial charge on any atom is -0.494 e. The summed E-state index contributed by atoms with van der Waals surface area (Å²) in [5.41, 5.74) is 1.57. The minimum atomic E-state index is -0.322. The van der Waals surface area contributed by atoms with E-state index in [0.29, 0.717) is 24.4 Å². The van der Waals surface area contributed by atoms with E-state index in [9.17, 15) is 14.0 Å². The number of rotatable bonds is 7. The van der Waals surface area contributed by atoms with Crippen molar-refractivity contribution in [2.24, 2.45) is 0 Å². The number of anilines is 1. The molecule has 31 heavy (non-hydrogen) atoms. The second kappa shape index (κ2) is 8.87. The average Bonchev–Trinajstić information content (AvgIpc) is 3.15. The zero-order chi connectivity index (χ0) is 21.8. The summed E-state index contributed by atoms with van der Waals surface area (Å²) in [6.45, 7) is 2.71. The lowest BCUT2D eigenvalue weighted by atomic mass is 10.2. The molecule has 6 nitrogen and oxygen atoms in total. The highest BCUT2D eigenvalue weighted by molar-refractivity contribution is 5.90. The number of hydrogen-bond acceptors (Lipinski definition) is 3. The number of benzene rings is 2. The maximum Gasteiger partial charge on any atom is 0.275 e. The van der Waals surface area contributed by atoms with Crippen LogP contribution in [0.25, 0.3) is 10.9 Å². The molecule has 0 unspecified atom stereocenters. The first-order valence-corrected chi connectivity index (χ1v) is 9.99. The van der Waals surface area contributed by atoms with E-state index >= 15 is 0 Å². The second-order valence-electron chi connectivity index (χ2n) is 7.13. The number of nitrogens with zero attached hydrogens (tertiary/aromatic N) is 2. The first-order chi connectivity index (χ1) is 15.0. The second-order valence-corrected chi connectivity index (χ2v) is 7.13. The van der Waals surface area contributed by atoms with Gasteiger partial charge in [0.15, 0.2) is 0 Å². The number of amides is 1. The van der Waals surface area contributed by atoms with Crippen molar-refractivity contribution < 1.29 is 13.9 Å². The number of nitrogens with one attached hydrogen (secondary N) is 1. The van der Waals surface area contributed by atoms with Gasteiger partial charge in [-0.25, -0.2) is 4.39 Å². The molecule has 0 bridgehead atoms. The topological polar surface area (TPSA) is 65.3 Å². The molecule has 0 saturated heterocycles. The lowest BCUT2D eigenvalue weighted by Gasteiger charge is -2.10. The van der Waals surface area contributed by atoms with E-state index in [1.165, 1.54) is 16.7 Å². The highest BCUT2D eigenvalue weighted by Crippen LogP contribution is 2.16. The van der Waals surface area contributed by atoms with Crippen molar-refractivity contribution in [3.05, 3.63) is 94.8 Å². The maximum atomic E-state index is 13.5. The molecule has 158 valence electrons. The summed E-state index contributed by atoms with van der Waals surface area (Å²) in [6.07, 6.45) is 3.40. The summed E-state index contributed by atoms with van der Waals surface area (Å²) in [7, 11) is 0.